The van der Waals surface area contributed by atoms with E-state index in [-0.39, 0.29) is 18.0 Å². The van der Waals surface area contributed by atoms with Gasteiger partial charge >= 0.3 is 6.18 Å². The third-order valence-electron chi connectivity index (χ3n) is 2.41. The second kappa shape index (κ2) is 5.52. The summed E-state index contributed by atoms with van der Waals surface area (Å²) >= 11 is 0. The molecule has 1 aromatic carbocycles. The van der Waals surface area contributed by atoms with Crippen molar-refractivity contribution in [3.63, 3.8) is 0 Å². The molecular formula is C10H13ClF3NO. The van der Waals surface area contributed by atoms with Crippen LogP contribution in [-0.4, -0.2) is 24.9 Å². The van der Waals surface area contributed by atoms with Crippen molar-refractivity contribution >= 4 is 12.4 Å². The third kappa shape index (κ3) is 2.48. The first kappa shape index (κ1) is 15.2. The Bertz CT molecular complexity index is 312. The van der Waals surface area contributed by atoms with Crippen LogP contribution >= 0.6 is 12.4 Å². The molecule has 1 unspecified atom stereocenters. The zero-order valence-electron chi connectivity index (χ0n) is 8.58. The Balaban J connectivity index is 0.00000225. The van der Waals surface area contributed by atoms with Gasteiger partial charge in [-0.3, -0.25) is 0 Å². The summed E-state index contributed by atoms with van der Waals surface area (Å²) in [6.07, 6.45) is -4.54. The molecule has 1 rings (SSSR count). The molecule has 0 bridgehead atoms. The van der Waals surface area contributed by atoms with Crippen LogP contribution in [0, 0.1) is 0 Å². The number of hydrogen-bond acceptors (Lipinski definition) is 2. The van der Waals surface area contributed by atoms with Gasteiger partial charge in [-0.25, -0.2) is 0 Å². The SMILES string of the molecule is CNC(CO)(c1ccccc1)C(F)(F)F.Cl. The van der Waals surface area contributed by atoms with E-state index >= 15 is 0 Å². The van der Waals surface area contributed by atoms with Crippen LogP contribution in [0.3, 0.4) is 0 Å². The van der Waals surface area contributed by atoms with Gasteiger partial charge in [-0.05, 0) is 12.6 Å². The Morgan fingerprint density at radius 3 is 2.00 bits per heavy atom. The molecule has 0 spiro atoms. The average molecular weight is 256 g/mol. The Hall–Kier alpha value is -0.780. The lowest BCUT2D eigenvalue weighted by Gasteiger charge is -2.34. The fourth-order valence-corrected chi connectivity index (χ4v) is 1.43. The summed E-state index contributed by atoms with van der Waals surface area (Å²) in [6.45, 7) is -1.03. The highest BCUT2D eigenvalue weighted by Gasteiger charge is 2.54. The Morgan fingerprint density at radius 1 is 1.19 bits per heavy atom. The first-order valence-corrected chi connectivity index (χ1v) is 4.40. The Kier molecular flexibility index (Phi) is 5.25. The predicted molar refractivity (Wildman–Crippen MR) is 57.6 cm³/mol. The molecule has 0 saturated heterocycles. The summed E-state index contributed by atoms with van der Waals surface area (Å²) in [7, 11) is 1.18. The topological polar surface area (TPSA) is 32.3 Å². The Labute approximate surface area is 97.9 Å². The normalized spacial score (nSPS) is 15.1. The lowest BCUT2D eigenvalue weighted by Crippen LogP contribution is -2.55. The van der Waals surface area contributed by atoms with Crippen molar-refractivity contribution in [2.45, 2.75) is 11.7 Å². The average Bonchev–Trinajstić information content (AvgIpc) is 2.20. The molecule has 0 saturated carbocycles. The highest BCUT2D eigenvalue weighted by atomic mass is 35.5. The van der Waals surface area contributed by atoms with E-state index in [4.69, 9.17) is 5.11 Å². The monoisotopic (exact) mass is 255 g/mol. The van der Waals surface area contributed by atoms with Crippen LogP contribution in [0.5, 0.6) is 0 Å². The van der Waals surface area contributed by atoms with Crippen LogP contribution in [0.15, 0.2) is 30.3 Å². The first-order chi connectivity index (χ1) is 6.98. The maximum absolute atomic E-state index is 12.8. The van der Waals surface area contributed by atoms with E-state index < -0.39 is 18.3 Å². The largest absolute Gasteiger partial charge is 0.413 e. The van der Waals surface area contributed by atoms with Crippen molar-refractivity contribution in [1.82, 2.24) is 5.32 Å². The van der Waals surface area contributed by atoms with Crippen molar-refractivity contribution in [2.24, 2.45) is 0 Å². The van der Waals surface area contributed by atoms with E-state index in [9.17, 15) is 13.2 Å². The maximum Gasteiger partial charge on any atom is 0.413 e. The minimum atomic E-state index is -4.54. The molecule has 2 N–H and O–H groups in total. The van der Waals surface area contributed by atoms with E-state index in [1.54, 1.807) is 6.07 Å². The maximum atomic E-state index is 12.8. The molecule has 0 radical (unpaired) electrons. The summed E-state index contributed by atoms with van der Waals surface area (Å²) in [5, 5.41) is 11.1. The van der Waals surface area contributed by atoms with Crippen molar-refractivity contribution in [2.75, 3.05) is 13.7 Å². The number of hydrogen-bond donors (Lipinski definition) is 2. The van der Waals surface area contributed by atoms with Gasteiger partial charge in [0.1, 0.15) is 0 Å². The van der Waals surface area contributed by atoms with Gasteiger partial charge in [0.25, 0.3) is 0 Å². The van der Waals surface area contributed by atoms with E-state index in [1.165, 1.54) is 31.3 Å². The standard InChI is InChI=1S/C10H12F3NO.ClH/c1-14-9(7-15,10(11,12)13)8-5-3-2-4-6-8;/h2-6,14-15H,7H2,1H3;1H. The number of aliphatic hydroxyl groups is 1. The molecular weight excluding hydrogens is 243 g/mol. The van der Waals surface area contributed by atoms with Crippen LogP contribution < -0.4 is 5.32 Å². The zero-order chi connectivity index (χ0) is 11.5. The second-order valence-electron chi connectivity index (χ2n) is 3.18. The van der Waals surface area contributed by atoms with Gasteiger partial charge in [0, 0.05) is 0 Å². The summed E-state index contributed by atoms with van der Waals surface area (Å²) in [6, 6.07) is 7.30. The molecule has 1 aromatic rings. The van der Waals surface area contributed by atoms with Crippen LogP contribution in [-0.2, 0) is 5.54 Å². The lowest BCUT2D eigenvalue weighted by atomic mass is 9.90. The number of benzene rings is 1. The molecule has 6 heteroatoms. The quantitative estimate of drug-likeness (QED) is 0.867. The van der Waals surface area contributed by atoms with Crippen molar-refractivity contribution in [3.05, 3.63) is 35.9 Å². The zero-order valence-corrected chi connectivity index (χ0v) is 9.40. The van der Waals surface area contributed by atoms with Gasteiger partial charge in [-0.1, -0.05) is 30.3 Å². The minimum Gasteiger partial charge on any atom is -0.394 e. The van der Waals surface area contributed by atoms with Crippen molar-refractivity contribution < 1.29 is 18.3 Å². The molecule has 0 aromatic heterocycles. The van der Waals surface area contributed by atoms with Gasteiger partial charge in [0.15, 0.2) is 5.54 Å². The summed E-state index contributed by atoms with van der Waals surface area (Å²) in [5.74, 6) is 0. The van der Waals surface area contributed by atoms with E-state index in [1.807, 2.05) is 0 Å². The predicted octanol–water partition coefficient (Wildman–Crippen LogP) is 2.08. The fraction of sp³-hybridized carbons (Fsp3) is 0.400. The van der Waals surface area contributed by atoms with Crippen molar-refractivity contribution in [3.8, 4) is 0 Å². The lowest BCUT2D eigenvalue weighted by molar-refractivity contribution is -0.209. The molecule has 16 heavy (non-hydrogen) atoms. The van der Waals surface area contributed by atoms with Gasteiger partial charge in [0.2, 0.25) is 0 Å². The number of alkyl halides is 3. The molecule has 0 amide bonds. The number of aliphatic hydroxyl groups excluding tert-OH is 1. The molecule has 1 atom stereocenters. The third-order valence-corrected chi connectivity index (χ3v) is 2.41. The van der Waals surface area contributed by atoms with Crippen LogP contribution in [0.1, 0.15) is 5.56 Å². The van der Waals surface area contributed by atoms with E-state index in [2.05, 4.69) is 5.32 Å². The molecule has 0 aliphatic heterocycles. The number of likely N-dealkylation sites (N-methyl/N-ethyl adjacent to an activating group) is 1. The van der Waals surface area contributed by atoms with Crippen molar-refractivity contribution in [1.29, 1.82) is 0 Å². The highest BCUT2D eigenvalue weighted by Crippen LogP contribution is 2.38. The molecule has 0 fully saturated rings. The van der Waals surface area contributed by atoms with Crippen LogP contribution in [0.2, 0.25) is 0 Å². The van der Waals surface area contributed by atoms with Gasteiger partial charge in [0.05, 0.1) is 6.61 Å². The molecule has 2 nitrogen and oxygen atoms in total. The van der Waals surface area contributed by atoms with Gasteiger partial charge < -0.3 is 10.4 Å². The summed E-state index contributed by atoms with van der Waals surface area (Å²) < 4.78 is 38.5. The van der Waals surface area contributed by atoms with Crippen LogP contribution in [0.25, 0.3) is 0 Å². The summed E-state index contributed by atoms with van der Waals surface area (Å²) in [4.78, 5) is 0. The minimum absolute atomic E-state index is 0. The second-order valence-corrected chi connectivity index (χ2v) is 3.18. The summed E-state index contributed by atoms with van der Waals surface area (Å²) in [5.41, 5.74) is -2.38. The molecule has 0 aliphatic carbocycles. The molecule has 0 aliphatic rings. The highest BCUT2D eigenvalue weighted by molar-refractivity contribution is 5.85. The van der Waals surface area contributed by atoms with E-state index in [0.717, 1.165) is 0 Å². The number of rotatable bonds is 3. The van der Waals surface area contributed by atoms with Crippen LogP contribution in [0.4, 0.5) is 13.2 Å². The smallest absolute Gasteiger partial charge is 0.394 e. The van der Waals surface area contributed by atoms with Gasteiger partial charge in [-0.15, -0.1) is 12.4 Å². The van der Waals surface area contributed by atoms with E-state index in [0.29, 0.717) is 0 Å². The number of halogens is 4. The fourth-order valence-electron chi connectivity index (χ4n) is 1.43. The molecule has 92 valence electrons. The molecule has 0 heterocycles. The first-order valence-electron chi connectivity index (χ1n) is 4.40. The number of nitrogens with one attached hydrogen (secondary N) is 1. The Morgan fingerprint density at radius 2 is 1.69 bits per heavy atom. The van der Waals surface area contributed by atoms with Gasteiger partial charge in [-0.2, -0.15) is 13.2 Å².